The zero-order valence-electron chi connectivity index (χ0n) is 23.8. The highest BCUT2D eigenvalue weighted by atomic mass is 32.1. The topological polar surface area (TPSA) is 54.5 Å². The van der Waals surface area contributed by atoms with E-state index in [9.17, 15) is 5.26 Å². The Hall–Kier alpha value is -5.61. The molecule has 3 heterocycles. The molecular formula is C39H22N4S2. The van der Waals surface area contributed by atoms with Crippen LogP contribution in [0.2, 0.25) is 0 Å². The summed E-state index contributed by atoms with van der Waals surface area (Å²) in [6.07, 6.45) is 0. The number of hydrogen-bond donors (Lipinski definition) is 0. The highest BCUT2D eigenvalue weighted by Gasteiger charge is 2.17. The molecule has 0 spiro atoms. The van der Waals surface area contributed by atoms with Crippen molar-refractivity contribution in [3.63, 3.8) is 0 Å². The highest BCUT2D eigenvalue weighted by molar-refractivity contribution is 7.22. The molecule has 0 N–H and O–H groups in total. The van der Waals surface area contributed by atoms with Crippen LogP contribution in [0.1, 0.15) is 5.56 Å². The fourth-order valence-electron chi connectivity index (χ4n) is 6.20. The van der Waals surface area contributed by atoms with Gasteiger partial charge in [0.05, 0.1) is 43.1 Å². The smallest absolute Gasteiger partial charge is 0.124 e. The van der Waals surface area contributed by atoms with Gasteiger partial charge in [-0.2, -0.15) is 5.26 Å². The second-order valence-corrected chi connectivity index (χ2v) is 13.0. The fourth-order valence-corrected chi connectivity index (χ4v) is 8.13. The van der Waals surface area contributed by atoms with Crippen molar-refractivity contribution in [2.45, 2.75) is 0 Å². The van der Waals surface area contributed by atoms with Crippen molar-refractivity contribution in [2.75, 3.05) is 0 Å². The molecule has 9 rings (SSSR count). The summed E-state index contributed by atoms with van der Waals surface area (Å²) in [6, 6.07) is 48.5. The minimum absolute atomic E-state index is 0.665. The number of para-hydroxylation sites is 2. The van der Waals surface area contributed by atoms with Gasteiger partial charge in [0.1, 0.15) is 10.0 Å². The first-order chi connectivity index (χ1) is 22.2. The Morgan fingerprint density at radius 3 is 1.71 bits per heavy atom. The highest BCUT2D eigenvalue weighted by Crippen LogP contribution is 2.40. The van der Waals surface area contributed by atoms with E-state index in [0.29, 0.717) is 5.56 Å². The van der Waals surface area contributed by atoms with Crippen molar-refractivity contribution in [3.8, 4) is 44.0 Å². The number of nitriles is 1. The quantitative estimate of drug-likeness (QED) is 0.199. The Labute approximate surface area is 266 Å². The molecule has 0 saturated carbocycles. The van der Waals surface area contributed by atoms with Gasteiger partial charge in [-0.1, -0.05) is 54.6 Å². The van der Waals surface area contributed by atoms with Crippen LogP contribution in [0.4, 0.5) is 0 Å². The summed E-state index contributed by atoms with van der Waals surface area (Å²) in [5.74, 6) is 0. The second kappa shape index (κ2) is 10.2. The van der Waals surface area contributed by atoms with Gasteiger partial charge in [-0.15, -0.1) is 22.7 Å². The van der Waals surface area contributed by atoms with Gasteiger partial charge in [-0.3, -0.25) is 0 Å². The van der Waals surface area contributed by atoms with Crippen LogP contribution in [-0.4, -0.2) is 14.5 Å². The Balaban J connectivity index is 1.28. The van der Waals surface area contributed by atoms with E-state index in [-0.39, 0.29) is 0 Å². The molecule has 0 aliphatic heterocycles. The van der Waals surface area contributed by atoms with Gasteiger partial charge >= 0.3 is 0 Å². The summed E-state index contributed by atoms with van der Waals surface area (Å²) in [6.45, 7) is 0. The van der Waals surface area contributed by atoms with Gasteiger partial charge in [0.25, 0.3) is 0 Å². The average molecular weight is 611 g/mol. The normalized spacial score (nSPS) is 11.5. The maximum absolute atomic E-state index is 9.78. The van der Waals surface area contributed by atoms with Gasteiger partial charge in [0, 0.05) is 27.6 Å². The molecule has 0 bridgehead atoms. The maximum atomic E-state index is 9.78. The molecule has 0 saturated heterocycles. The van der Waals surface area contributed by atoms with Crippen molar-refractivity contribution >= 4 is 64.9 Å². The third kappa shape index (κ3) is 4.25. The lowest BCUT2D eigenvalue weighted by Crippen LogP contribution is -1.95. The zero-order valence-corrected chi connectivity index (χ0v) is 25.4. The summed E-state index contributed by atoms with van der Waals surface area (Å²) in [4.78, 5) is 9.93. The van der Waals surface area contributed by atoms with E-state index in [2.05, 4.69) is 108 Å². The predicted molar refractivity (Wildman–Crippen MR) is 188 cm³/mol. The van der Waals surface area contributed by atoms with Crippen LogP contribution in [0.5, 0.6) is 0 Å². The summed E-state index contributed by atoms with van der Waals surface area (Å²) in [5, 5.41) is 14.1. The van der Waals surface area contributed by atoms with Crippen molar-refractivity contribution in [1.82, 2.24) is 14.5 Å². The van der Waals surface area contributed by atoms with E-state index in [0.717, 1.165) is 70.8 Å². The molecule has 0 aliphatic carbocycles. The lowest BCUT2D eigenvalue weighted by atomic mass is 10.00. The van der Waals surface area contributed by atoms with Gasteiger partial charge in [0.15, 0.2) is 0 Å². The van der Waals surface area contributed by atoms with E-state index in [4.69, 9.17) is 9.97 Å². The molecule has 0 fully saturated rings. The Morgan fingerprint density at radius 2 is 1.11 bits per heavy atom. The number of benzene rings is 6. The first-order valence-corrected chi connectivity index (χ1v) is 16.3. The number of rotatable bonds is 4. The molecule has 0 amide bonds. The monoisotopic (exact) mass is 610 g/mol. The predicted octanol–water partition coefficient (Wildman–Crippen LogP) is 10.9. The lowest BCUT2D eigenvalue weighted by Gasteiger charge is -2.11. The third-order valence-electron chi connectivity index (χ3n) is 8.31. The molecule has 0 aliphatic rings. The van der Waals surface area contributed by atoms with E-state index in [1.54, 1.807) is 22.7 Å². The van der Waals surface area contributed by atoms with E-state index in [1.807, 2.05) is 36.4 Å². The van der Waals surface area contributed by atoms with Crippen LogP contribution in [0, 0.1) is 11.3 Å². The van der Waals surface area contributed by atoms with Crippen LogP contribution in [0.3, 0.4) is 0 Å². The summed E-state index contributed by atoms with van der Waals surface area (Å²) < 4.78 is 4.69. The molecule has 0 atom stereocenters. The fraction of sp³-hybridized carbons (Fsp3) is 0. The van der Waals surface area contributed by atoms with Gasteiger partial charge in [-0.25, -0.2) is 9.97 Å². The summed E-state index contributed by atoms with van der Waals surface area (Å²) in [7, 11) is 0. The van der Waals surface area contributed by atoms with Crippen LogP contribution in [0.15, 0.2) is 133 Å². The Morgan fingerprint density at radius 1 is 0.533 bits per heavy atom. The number of aromatic nitrogens is 3. The average Bonchev–Trinajstić information content (AvgIpc) is 3.81. The minimum Gasteiger partial charge on any atom is -0.309 e. The van der Waals surface area contributed by atoms with Crippen molar-refractivity contribution in [1.29, 1.82) is 5.26 Å². The van der Waals surface area contributed by atoms with Crippen LogP contribution < -0.4 is 0 Å². The van der Waals surface area contributed by atoms with E-state index >= 15 is 0 Å². The number of thiazole rings is 2. The van der Waals surface area contributed by atoms with E-state index < -0.39 is 0 Å². The first kappa shape index (κ1) is 25.8. The summed E-state index contributed by atoms with van der Waals surface area (Å²) in [5.41, 5.74) is 10.1. The minimum atomic E-state index is 0.665. The van der Waals surface area contributed by atoms with Gasteiger partial charge in [-0.05, 0) is 90.0 Å². The molecule has 45 heavy (non-hydrogen) atoms. The van der Waals surface area contributed by atoms with Gasteiger partial charge < -0.3 is 4.57 Å². The van der Waals surface area contributed by atoms with Crippen molar-refractivity contribution in [2.24, 2.45) is 0 Å². The molecular weight excluding hydrogens is 589 g/mol. The molecule has 6 aromatic carbocycles. The Bertz CT molecular complexity index is 2440. The van der Waals surface area contributed by atoms with Crippen LogP contribution in [-0.2, 0) is 0 Å². The maximum Gasteiger partial charge on any atom is 0.124 e. The van der Waals surface area contributed by atoms with Crippen molar-refractivity contribution < 1.29 is 0 Å². The second-order valence-electron chi connectivity index (χ2n) is 11.0. The molecule has 210 valence electrons. The number of fused-ring (bicyclic) bond motifs is 5. The van der Waals surface area contributed by atoms with Crippen LogP contribution in [0.25, 0.3) is 80.2 Å². The third-order valence-corrected chi connectivity index (χ3v) is 10.5. The van der Waals surface area contributed by atoms with Crippen LogP contribution >= 0.6 is 22.7 Å². The molecule has 0 radical (unpaired) electrons. The van der Waals surface area contributed by atoms with Crippen molar-refractivity contribution in [3.05, 3.63) is 139 Å². The standard InChI is InChI=1S/C39H22N4S2/c40-23-27-8-1-2-11-29(27)24-9-7-10-28(20-24)43-34-18-16-25(38-41-32-12-3-5-14-36(32)44-38)21-30(34)31-22-26(17-19-35(31)43)39-42-33-13-4-6-15-37(33)45-39/h1-22H. The van der Waals surface area contributed by atoms with Gasteiger partial charge in [0.2, 0.25) is 0 Å². The lowest BCUT2D eigenvalue weighted by molar-refractivity contribution is 1.18. The number of nitrogens with zero attached hydrogens (tertiary/aromatic N) is 4. The zero-order chi connectivity index (χ0) is 29.9. The largest absolute Gasteiger partial charge is 0.309 e. The first-order valence-electron chi connectivity index (χ1n) is 14.6. The molecule has 6 heteroatoms. The molecule has 0 unspecified atom stereocenters. The Kier molecular flexibility index (Phi) is 5.88. The SMILES string of the molecule is N#Cc1ccccc1-c1cccc(-n2c3ccc(-c4nc5ccccc5s4)cc3c3cc(-c4nc5ccccc5s4)ccc32)c1. The molecule has 9 aromatic rings. The summed E-state index contributed by atoms with van der Waals surface area (Å²) >= 11 is 3.44. The molecule has 4 nitrogen and oxygen atoms in total. The number of hydrogen-bond acceptors (Lipinski definition) is 5. The van der Waals surface area contributed by atoms with E-state index in [1.165, 1.54) is 9.40 Å². The molecule has 3 aromatic heterocycles.